The van der Waals surface area contributed by atoms with Crippen LogP contribution in [0.1, 0.15) is 23.3 Å². The Morgan fingerprint density at radius 1 is 1.30 bits per heavy atom. The van der Waals surface area contributed by atoms with Gasteiger partial charge in [-0.25, -0.2) is 14.4 Å². The predicted molar refractivity (Wildman–Crippen MR) is 112 cm³/mol. The molecule has 0 saturated carbocycles. The number of nitrogens with one attached hydrogen (secondary N) is 2. The Balaban J connectivity index is 1.33. The van der Waals surface area contributed by atoms with E-state index in [0.29, 0.717) is 36.1 Å². The number of pyridine rings is 1. The fourth-order valence-electron chi connectivity index (χ4n) is 3.03. The Hall–Kier alpha value is -1.97. The van der Waals surface area contributed by atoms with Crippen LogP contribution in [0.15, 0.2) is 36.5 Å². The van der Waals surface area contributed by atoms with Crippen LogP contribution in [-0.4, -0.2) is 59.4 Å². The summed E-state index contributed by atoms with van der Waals surface area (Å²) in [4.78, 5) is 16.2. The number of benzene rings is 1. The molecule has 3 rings (SSSR count). The van der Waals surface area contributed by atoms with E-state index in [9.17, 15) is 14.3 Å². The number of hydrazine groups is 1. The maximum atomic E-state index is 13.4. The molecule has 0 spiro atoms. The third-order valence-corrected chi connectivity index (χ3v) is 5.22. The van der Waals surface area contributed by atoms with Crippen LogP contribution < -0.4 is 15.5 Å². The minimum atomic E-state index is -0.738. The van der Waals surface area contributed by atoms with Crippen molar-refractivity contribution in [3.63, 3.8) is 0 Å². The van der Waals surface area contributed by atoms with Gasteiger partial charge in [-0.1, -0.05) is 23.2 Å². The number of carbonyl (C=O) groups is 1. The Morgan fingerprint density at radius 3 is 2.73 bits per heavy atom. The summed E-state index contributed by atoms with van der Waals surface area (Å²) in [6, 6.07) is 7.56. The number of aromatic nitrogens is 1. The van der Waals surface area contributed by atoms with Crippen molar-refractivity contribution in [1.82, 2.24) is 20.7 Å². The van der Waals surface area contributed by atoms with Gasteiger partial charge in [0.1, 0.15) is 30.0 Å². The SMILES string of the molecule is O=C(NN1CCC(NCC(O)COc2ccc(Cl)c(F)c2)CC1)c1ccc(Cl)cn1. The monoisotopic (exact) mass is 456 g/mol. The molecule has 2 aromatic rings. The van der Waals surface area contributed by atoms with Crippen LogP contribution in [0.3, 0.4) is 0 Å². The lowest BCUT2D eigenvalue weighted by atomic mass is 10.1. The first-order valence-corrected chi connectivity index (χ1v) is 10.3. The highest BCUT2D eigenvalue weighted by Crippen LogP contribution is 2.20. The first-order valence-electron chi connectivity index (χ1n) is 9.57. The van der Waals surface area contributed by atoms with E-state index in [1.807, 2.05) is 5.01 Å². The van der Waals surface area contributed by atoms with Crippen molar-refractivity contribution < 1.29 is 19.0 Å². The number of ether oxygens (including phenoxy) is 1. The first-order chi connectivity index (χ1) is 14.4. The highest BCUT2D eigenvalue weighted by Gasteiger charge is 2.21. The number of aliphatic hydroxyl groups is 1. The molecule has 1 aliphatic rings. The summed E-state index contributed by atoms with van der Waals surface area (Å²) in [6.07, 6.45) is 2.32. The normalized spacial score (nSPS) is 16.3. The van der Waals surface area contributed by atoms with Crippen LogP contribution >= 0.6 is 23.2 Å². The molecule has 30 heavy (non-hydrogen) atoms. The van der Waals surface area contributed by atoms with Gasteiger partial charge in [-0.2, -0.15) is 0 Å². The molecule has 2 heterocycles. The zero-order valence-electron chi connectivity index (χ0n) is 16.2. The van der Waals surface area contributed by atoms with E-state index in [1.165, 1.54) is 18.3 Å². The molecule has 1 aromatic carbocycles. The number of halogens is 3. The molecule has 1 atom stereocenters. The second kappa shape index (κ2) is 10.9. The van der Waals surface area contributed by atoms with Crippen molar-refractivity contribution in [3.8, 4) is 5.75 Å². The topological polar surface area (TPSA) is 86.7 Å². The molecule has 0 aliphatic carbocycles. The Morgan fingerprint density at radius 2 is 2.07 bits per heavy atom. The summed E-state index contributed by atoms with van der Waals surface area (Å²) in [7, 11) is 0. The summed E-state index contributed by atoms with van der Waals surface area (Å²) in [5.74, 6) is -0.521. The Labute approximate surface area is 184 Å². The molecule has 3 N–H and O–H groups in total. The van der Waals surface area contributed by atoms with Gasteiger partial charge in [0.2, 0.25) is 0 Å². The van der Waals surface area contributed by atoms with Gasteiger partial charge in [-0.05, 0) is 37.1 Å². The van der Waals surface area contributed by atoms with Crippen LogP contribution in [0.5, 0.6) is 5.75 Å². The maximum Gasteiger partial charge on any atom is 0.284 e. The molecular formula is C20H23Cl2FN4O3. The Kier molecular flexibility index (Phi) is 8.24. The molecule has 0 radical (unpaired) electrons. The van der Waals surface area contributed by atoms with Crippen LogP contribution in [0, 0.1) is 5.82 Å². The summed E-state index contributed by atoms with van der Waals surface area (Å²) in [5.41, 5.74) is 3.15. The van der Waals surface area contributed by atoms with Crippen molar-refractivity contribution in [2.75, 3.05) is 26.2 Å². The average molecular weight is 457 g/mol. The van der Waals surface area contributed by atoms with Gasteiger partial charge in [-0.15, -0.1) is 0 Å². The number of carbonyl (C=O) groups excluding carboxylic acids is 1. The summed E-state index contributed by atoms with van der Waals surface area (Å²) in [5, 5.41) is 15.7. The van der Waals surface area contributed by atoms with Crippen molar-refractivity contribution in [1.29, 1.82) is 0 Å². The molecule has 1 amide bonds. The molecule has 1 aromatic heterocycles. The molecular weight excluding hydrogens is 434 g/mol. The van der Waals surface area contributed by atoms with Crippen LogP contribution in [0.25, 0.3) is 0 Å². The van der Waals surface area contributed by atoms with Gasteiger partial charge < -0.3 is 15.2 Å². The number of nitrogens with zero attached hydrogens (tertiary/aromatic N) is 2. The highest BCUT2D eigenvalue weighted by atomic mass is 35.5. The van der Waals surface area contributed by atoms with Crippen LogP contribution in [-0.2, 0) is 0 Å². The van der Waals surface area contributed by atoms with Gasteiger partial charge in [-0.3, -0.25) is 10.2 Å². The van der Waals surface area contributed by atoms with E-state index < -0.39 is 11.9 Å². The number of hydrogen-bond donors (Lipinski definition) is 3. The molecule has 1 saturated heterocycles. The zero-order valence-corrected chi connectivity index (χ0v) is 17.7. The van der Waals surface area contributed by atoms with Crippen LogP contribution in [0.2, 0.25) is 10.0 Å². The smallest absolute Gasteiger partial charge is 0.284 e. The lowest BCUT2D eigenvalue weighted by Gasteiger charge is -2.32. The average Bonchev–Trinajstić information content (AvgIpc) is 2.74. The lowest BCUT2D eigenvalue weighted by molar-refractivity contribution is 0.0693. The minimum absolute atomic E-state index is 0.0246. The predicted octanol–water partition coefficient (Wildman–Crippen LogP) is 2.67. The maximum absolute atomic E-state index is 13.4. The summed E-state index contributed by atoms with van der Waals surface area (Å²) < 4.78 is 18.8. The molecule has 1 unspecified atom stereocenters. The van der Waals surface area contributed by atoms with Gasteiger partial charge in [0.25, 0.3) is 5.91 Å². The molecule has 0 bridgehead atoms. The second-order valence-corrected chi connectivity index (χ2v) is 7.86. The van der Waals surface area contributed by atoms with E-state index in [-0.39, 0.29) is 23.6 Å². The molecule has 10 heteroatoms. The van der Waals surface area contributed by atoms with Crippen LogP contribution in [0.4, 0.5) is 4.39 Å². The number of hydrogen-bond acceptors (Lipinski definition) is 6. The molecule has 7 nitrogen and oxygen atoms in total. The van der Waals surface area contributed by atoms with E-state index >= 15 is 0 Å². The fourth-order valence-corrected chi connectivity index (χ4v) is 3.26. The van der Waals surface area contributed by atoms with E-state index in [4.69, 9.17) is 27.9 Å². The first kappa shape index (κ1) is 22.7. The van der Waals surface area contributed by atoms with Gasteiger partial charge in [0.15, 0.2) is 0 Å². The number of aliphatic hydroxyl groups excluding tert-OH is 1. The number of amides is 1. The van der Waals surface area contributed by atoms with Gasteiger partial charge in [0.05, 0.1) is 10.0 Å². The third-order valence-electron chi connectivity index (χ3n) is 4.69. The fraction of sp³-hybridized carbons (Fsp3) is 0.400. The molecule has 1 fully saturated rings. The quantitative estimate of drug-likeness (QED) is 0.565. The third kappa shape index (κ3) is 6.78. The largest absolute Gasteiger partial charge is 0.491 e. The zero-order chi connectivity index (χ0) is 21.5. The second-order valence-electron chi connectivity index (χ2n) is 7.01. The van der Waals surface area contributed by atoms with Crippen molar-refractivity contribution >= 4 is 29.1 Å². The summed E-state index contributed by atoms with van der Waals surface area (Å²) in [6.45, 7) is 1.74. The van der Waals surface area contributed by atoms with Gasteiger partial charge in [0, 0.05) is 37.9 Å². The van der Waals surface area contributed by atoms with Crippen molar-refractivity contribution in [2.24, 2.45) is 0 Å². The molecule has 1 aliphatic heterocycles. The highest BCUT2D eigenvalue weighted by molar-refractivity contribution is 6.30. The lowest BCUT2D eigenvalue weighted by Crippen LogP contribution is -2.51. The minimum Gasteiger partial charge on any atom is -0.491 e. The van der Waals surface area contributed by atoms with E-state index in [1.54, 1.807) is 18.2 Å². The number of rotatable bonds is 8. The van der Waals surface area contributed by atoms with Crippen molar-refractivity contribution in [3.05, 3.63) is 58.1 Å². The van der Waals surface area contributed by atoms with Gasteiger partial charge >= 0.3 is 0 Å². The Bertz CT molecular complexity index is 848. The molecule has 162 valence electrons. The van der Waals surface area contributed by atoms with E-state index in [0.717, 1.165) is 12.8 Å². The summed E-state index contributed by atoms with van der Waals surface area (Å²) >= 11 is 11.4. The van der Waals surface area contributed by atoms with Crippen molar-refractivity contribution in [2.45, 2.75) is 25.0 Å². The standard InChI is InChI=1S/C20H23Cl2FN4O3/c21-13-1-4-19(25-10-13)20(29)26-27-7-5-14(6-8-27)24-11-15(28)12-30-16-2-3-17(22)18(23)9-16/h1-4,9-10,14-15,24,28H,5-8,11-12H2,(H,26,29). The van der Waals surface area contributed by atoms with E-state index in [2.05, 4.69) is 15.7 Å². The number of piperidine rings is 1.